The molecule has 0 heterocycles. The van der Waals surface area contributed by atoms with Crippen LogP contribution < -0.4 is 4.74 Å². The summed E-state index contributed by atoms with van der Waals surface area (Å²) in [5.41, 5.74) is 0. The van der Waals surface area contributed by atoms with Gasteiger partial charge in [0.05, 0.1) is 8.59 Å². The molecule has 1 rings (SSSR count). The molecule has 0 spiro atoms. The number of hydrogen-bond donors (Lipinski definition) is 0. The van der Waals surface area contributed by atoms with Crippen LogP contribution in [0.1, 0.15) is 12.8 Å². The fourth-order valence-corrected chi connectivity index (χ4v) is 2.75. The zero-order valence-electron chi connectivity index (χ0n) is 8.10. The van der Waals surface area contributed by atoms with Gasteiger partial charge in [-0.05, 0) is 41.1 Å². The van der Waals surface area contributed by atoms with E-state index in [1.807, 2.05) is 22.6 Å². The molecule has 0 saturated carbocycles. The van der Waals surface area contributed by atoms with Gasteiger partial charge in [0.2, 0.25) is 0 Å². The van der Waals surface area contributed by atoms with Crippen molar-refractivity contribution in [1.29, 1.82) is 0 Å². The van der Waals surface area contributed by atoms with E-state index < -0.39 is 0 Å². The van der Waals surface area contributed by atoms with Crippen LogP contribution in [0.15, 0.2) is 12.1 Å². The van der Waals surface area contributed by atoms with Crippen molar-refractivity contribution in [2.45, 2.75) is 12.8 Å². The fourth-order valence-electron chi connectivity index (χ4n) is 1.00. The van der Waals surface area contributed by atoms with E-state index in [9.17, 15) is 4.79 Å². The van der Waals surface area contributed by atoms with Crippen LogP contribution in [-0.4, -0.2) is 11.8 Å². The van der Waals surface area contributed by atoms with Crippen molar-refractivity contribution in [3.8, 4) is 5.75 Å². The van der Waals surface area contributed by atoms with Crippen LogP contribution in [0, 0.1) is 3.57 Å². The van der Waals surface area contributed by atoms with Crippen molar-refractivity contribution in [3.63, 3.8) is 0 Å². The average molecular weight is 393 g/mol. The molecule has 0 aliphatic rings. The van der Waals surface area contributed by atoms with Gasteiger partial charge in [-0.3, -0.25) is 4.79 Å². The van der Waals surface area contributed by atoms with Crippen LogP contribution >= 0.6 is 57.4 Å². The van der Waals surface area contributed by atoms with Gasteiger partial charge in [0, 0.05) is 17.3 Å². The first kappa shape index (κ1) is 14.4. The predicted molar refractivity (Wildman–Crippen MR) is 74.8 cm³/mol. The van der Waals surface area contributed by atoms with E-state index in [4.69, 9.17) is 39.5 Å². The third kappa shape index (κ3) is 4.28. The van der Waals surface area contributed by atoms with Gasteiger partial charge in [-0.2, -0.15) is 0 Å². The van der Waals surface area contributed by atoms with Crippen molar-refractivity contribution in [3.05, 3.63) is 25.7 Å². The van der Waals surface area contributed by atoms with Crippen molar-refractivity contribution in [2.75, 3.05) is 5.88 Å². The standard InChI is InChI=1S/C10H8Cl3IO2/c11-3-1-2-9(15)16-10-7(13)4-6(12)5-8(10)14/h4-5H,1-3H2. The number of hydrogen-bond acceptors (Lipinski definition) is 2. The Morgan fingerprint density at radius 3 is 2.62 bits per heavy atom. The van der Waals surface area contributed by atoms with Gasteiger partial charge in [0.15, 0.2) is 5.75 Å². The van der Waals surface area contributed by atoms with Crippen molar-refractivity contribution >= 4 is 63.4 Å². The summed E-state index contributed by atoms with van der Waals surface area (Å²) in [4.78, 5) is 11.4. The summed E-state index contributed by atoms with van der Waals surface area (Å²) in [6.07, 6.45) is 0.862. The number of carbonyl (C=O) groups excluding carboxylic acids is 1. The number of carbonyl (C=O) groups is 1. The van der Waals surface area contributed by atoms with Crippen LogP contribution in [0.25, 0.3) is 0 Å². The Labute approximate surface area is 122 Å². The lowest BCUT2D eigenvalue weighted by molar-refractivity contribution is -0.134. The zero-order chi connectivity index (χ0) is 12.1. The molecule has 0 unspecified atom stereocenters. The predicted octanol–water partition coefficient (Wildman–Crippen LogP) is 4.52. The maximum absolute atomic E-state index is 11.4. The van der Waals surface area contributed by atoms with Crippen LogP contribution in [0.3, 0.4) is 0 Å². The summed E-state index contributed by atoms with van der Waals surface area (Å²) < 4.78 is 5.84. The molecule has 0 fully saturated rings. The lowest BCUT2D eigenvalue weighted by Gasteiger charge is -2.08. The summed E-state index contributed by atoms with van der Waals surface area (Å²) >= 11 is 19.2. The van der Waals surface area contributed by atoms with E-state index >= 15 is 0 Å². The zero-order valence-corrected chi connectivity index (χ0v) is 12.5. The third-order valence-electron chi connectivity index (χ3n) is 1.69. The monoisotopic (exact) mass is 392 g/mol. The van der Waals surface area contributed by atoms with E-state index in [0.29, 0.717) is 31.7 Å². The molecule has 1 aromatic rings. The molecular weight excluding hydrogens is 385 g/mol. The molecule has 0 aromatic heterocycles. The van der Waals surface area contributed by atoms with E-state index in [-0.39, 0.29) is 12.4 Å². The minimum Gasteiger partial charge on any atom is -0.424 e. The van der Waals surface area contributed by atoms with Crippen LogP contribution in [0.4, 0.5) is 0 Å². The molecule has 0 N–H and O–H groups in total. The minimum atomic E-state index is -0.345. The summed E-state index contributed by atoms with van der Waals surface area (Å²) in [6, 6.07) is 3.22. The highest BCUT2D eigenvalue weighted by molar-refractivity contribution is 14.1. The largest absolute Gasteiger partial charge is 0.424 e. The molecule has 0 radical (unpaired) electrons. The lowest BCUT2D eigenvalue weighted by atomic mass is 10.3. The summed E-state index contributed by atoms with van der Waals surface area (Å²) in [5.74, 6) is 0.439. The van der Waals surface area contributed by atoms with Gasteiger partial charge in [-0.1, -0.05) is 23.2 Å². The average Bonchev–Trinajstić information content (AvgIpc) is 2.20. The molecule has 0 atom stereocenters. The van der Waals surface area contributed by atoms with Gasteiger partial charge < -0.3 is 4.74 Å². The number of alkyl halides is 1. The van der Waals surface area contributed by atoms with Crippen LogP contribution in [0.2, 0.25) is 10.0 Å². The summed E-state index contributed by atoms with van der Waals surface area (Å²) in [5, 5.41) is 0.839. The molecule has 0 amide bonds. The Kier molecular flexibility index (Phi) is 6.18. The quantitative estimate of drug-likeness (QED) is 0.325. The van der Waals surface area contributed by atoms with E-state index in [1.54, 1.807) is 6.07 Å². The number of benzene rings is 1. The van der Waals surface area contributed by atoms with E-state index in [0.717, 1.165) is 0 Å². The molecule has 16 heavy (non-hydrogen) atoms. The molecule has 6 heteroatoms. The van der Waals surface area contributed by atoms with Crippen molar-refractivity contribution < 1.29 is 9.53 Å². The number of rotatable bonds is 4. The Hall–Kier alpha value is 0.290. The Morgan fingerprint density at radius 2 is 2.06 bits per heavy atom. The first-order valence-electron chi connectivity index (χ1n) is 4.45. The lowest BCUT2D eigenvalue weighted by Crippen LogP contribution is -2.09. The second-order valence-corrected chi connectivity index (χ2v) is 5.35. The molecule has 1 aromatic carbocycles. The van der Waals surface area contributed by atoms with Gasteiger partial charge in [-0.25, -0.2) is 0 Å². The molecule has 0 aliphatic heterocycles. The SMILES string of the molecule is O=C(CCCCl)Oc1c(Cl)cc(Cl)cc1I. The first-order chi connectivity index (χ1) is 7.54. The summed E-state index contributed by atoms with van der Waals surface area (Å²) in [7, 11) is 0. The molecule has 0 saturated heterocycles. The van der Waals surface area contributed by atoms with Gasteiger partial charge >= 0.3 is 5.97 Å². The fraction of sp³-hybridized carbons (Fsp3) is 0.300. The van der Waals surface area contributed by atoms with Crippen LogP contribution in [-0.2, 0) is 4.79 Å². The first-order valence-corrected chi connectivity index (χ1v) is 6.82. The normalized spacial score (nSPS) is 10.2. The molecule has 88 valence electrons. The highest BCUT2D eigenvalue weighted by Gasteiger charge is 2.12. The maximum Gasteiger partial charge on any atom is 0.311 e. The Balaban J connectivity index is 2.77. The molecule has 0 bridgehead atoms. The smallest absolute Gasteiger partial charge is 0.311 e. The van der Waals surface area contributed by atoms with Gasteiger partial charge in [-0.15, -0.1) is 11.6 Å². The number of esters is 1. The van der Waals surface area contributed by atoms with Crippen molar-refractivity contribution in [2.24, 2.45) is 0 Å². The van der Waals surface area contributed by atoms with E-state index in [2.05, 4.69) is 0 Å². The Morgan fingerprint density at radius 1 is 1.38 bits per heavy atom. The number of halogens is 4. The molecule has 2 nitrogen and oxygen atoms in total. The van der Waals surface area contributed by atoms with Crippen molar-refractivity contribution in [1.82, 2.24) is 0 Å². The van der Waals surface area contributed by atoms with Gasteiger partial charge in [0.25, 0.3) is 0 Å². The molecular formula is C10H8Cl3IO2. The highest BCUT2D eigenvalue weighted by Crippen LogP contribution is 2.33. The minimum absolute atomic E-state index is 0.276. The Bertz CT molecular complexity index is 373. The highest BCUT2D eigenvalue weighted by atomic mass is 127. The summed E-state index contributed by atoms with van der Waals surface area (Å²) in [6.45, 7) is 0. The third-order valence-corrected chi connectivity index (χ3v) is 3.26. The second kappa shape index (κ2) is 6.89. The number of ether oxygens (including phenoxy) is 1. The van der Waals surface area contributed by atoms with Gasteiger partial charge in [0.1, 0.15) is 0 Å². The van der Waals surface area contributed by atoms with E-state index in [1.165, 1.54) is 6.07 Å². The van der Waals surface area contributed by atoms with Crippen LogP contribution in [0.5, 0.6) is 5.75 Å². The second-order valence-electron chi connectivity index (χ2n) is 2.97. The molecule has 0 aliphatic carbocycles. The topological polar surface area (TPSA) is 26.3 Å². The maximum atomic E-state index is 11.4.